The number of hydrogen-bond acceptors (Lipinski definition) is 6. The lowest BCUT2D eigenvalue weighted by Crippen LogP contribution is -2.35. The maximum Gasteiger partial charge on any atom is 0.338 e. The molecular formula is C22H27N3O6S. The van der Waals surface area contributed by atoms with Crippen molar-refractivity contribution in [3.05, 3.63) is 58.7 Å². The maximum atomic E-state index is 12.2. The number of sulfonamides is 1. The van der Waals surface area contributed by atoms with Crippen LogP contribution >= 0.6 is 0 Å². The lowest BCUT2D eigenvalue weighted by atomic mass is 10.1. The minimum Gasteiger partial charge on any atom is -0.452 e. The number of nitrogens with zero attached hydrogens (tertiary/aromatic N) is 1. The van der Waals surface area contributed by atoms with E-state index < -0.39 is 34.4 Å². The standard InChI is InChI=1S/C22H27N3O6S/c1-14-9-15(2)21(16(3)10-14)24-19(26)12-23-20(27)13-31-22(28)17-7-6-8-18(11-17)32(29,30)25(4)5/h6-11H,12-13H2,1-5H3,(H,23,27)(H,24,26). The Balaban J connectivity index is 1.88. The molecule has 0 aromatic heterocycles. The normalized spacial score (nSPS) is 11.2. The minimum atomic E-state index is -3.72. The van der Waals surface area contributed by atoms with Gasteiger partial charge in [0.05, 0.1) is 17.0 Å². The molecule has 0 aliphatic rings. The van der Waals surface area contributed by atoms with Crippen molar-refractivity contribution in [2.45, 2.75) is 25.7 Å². The van der Waals surface area contributed by atoms with Crippen LogP contribution in [0.15, 0.2) is 41.3 Å². The number of carbonyl (C=O) groups excluding carboxylic acids is 3. The van der Waals surface area contributed by atoms with Gasteiger partial charge in [0.1, 0.15) is 0 Å². The number of anilines is 1. The van der Waals surface area contributed by atoms with Crippen LogP contribution in [0.4, 0.5) is 5.69 Å². The van der Waals surface area contributed by atoms with E-state index in [1.54, 1.807) is 0 Å². The molecule has 2 rings (SSSR count). The molecule has 10 heteroatoms. The average Bonchev–Trinajstić information content (AvgIpc) is 2.73. The highest BCUT2D eigenvalue weighted by atomic mass is 32.2. The minimum absolute atomic E-state index is 0.0104. The molecule has 2 N–H and O–H groups in total. The second kappa shape index (κ2) is 10.4. The Bertz CT molecular complexity index is 1120. The fourth-order valence-corrected chi connectivity index (χ4v) is 3.95. The first-order valence-corrected chi connectivity index (χ1v) is 11.2. The molecule has 0 unspecified atom stereocenters. The first-order chi connectivity index (χ1) is 14.9. The third kappa shape index (κ3) is 6.38. The molecule has 0 heterocycles. The molecule has 32 heavy (non-hydrogen) atoms. The van der Waals surface area contributed by atoms with Gasteiger partial charge in [-0.25, -0.2) is 17.5 Å². The van der Waals surface area contributed by atoms with E-state index in [2.05, 4.69) is 10.6 Å². The third-order valence-corrected chi connectivity index (χ3v) is 6.38. The molecule has 9 nitrogen and oxygen atoms in total. The Morgan fingerprint density at radius 3 is 2.19 bits per heavy atom. The van der Waals surface area contributed by atoms with Crippen molar-refractivity contribution in [3.8, 4) is 0 Å². The number of hydrogen-bond donors (Lipinski definition) is 2. The number of esters is 1. The molecule has 2 aromatic rings. The molecule has 2 aromatic carbocycles. The smallest absolute Gasteiger partial charge is 0.338 e. The summed E-state index contributed by atoms with van der Waals surface area (Å²) in [6, 6.07) is 9.21. The second-order valence-corrected chi connectivity index (χ2v) is 9.64. The number of aryl methyl sites for hydroxylation is 3. The average molecular weight is 462 g/mol. The zero-order chi connectivity index (χ0) is 24.1. The van der Waals surface area contributed by atoms with Gasteiger partial charge in [-0.1, -0.05) is 23.8 Å². The Hall–Kier alpha value is -3.24. The van der Waals surface area contributed by atoms with E-state index in [0.29, 0.717) is 5.69 Å². The topological polar surface area (TPSA) is 122 Å². The number of rotatable bonds is 8. The molecule has 0 radical (unpaired) electrons. The van der Waals surface area contributed by atoms with Crippen molar-refractivity contribution < 1.29 is 27.5 Å². The van der Waals surface area contributed by atoms with Crippen LogP contribution in [0.1, 0.15) is 27.0 Å². The van der Waals surface area contributed by atoms with Gasteiger partial charge in [0.25, 0.3) is 5.91 Å². The van der Waals surface area contributed by atoms with E-state index in [1.165, 1.54) is 38.4 Å². The van der Waals surface area contributed by atoms with E-state index in [1.807, 2.05) is 32.9 Å². The van der Waals surface area contributed by atoms with Gasteiger partial charge in [-0.15, -0.1) is 0 Å². The summed E-state index contributed by atoms with van der Waals surface area (Å²) in [6.45, 7) is 4.82. The quantitative estimate of drug-likeness (QED) is 0.578. The van der Waals surface area contributed by atoms with E-state index in [4.69, 9.17) is 4.74 Å². The highest BCUT2D eigenvalue weighted by molar-refractivity contribution is 7.89. The van der Waals surface area contributed by atoms with Crippen LogP contribution in [0.3, 0.4) is 0 Å². The summed E-state index contributed by atoms with van der Waals surface area (Å²) in [6.07, 6.45) is 0. The lowest BCUT2D eigenvalue weighted by Gasteiger charge is -2.13. The molecule has 0 spiro atoms. The van der Waals surface area contributed by atoms with E-state index >= 15 is 0 Å². The zero-order valence-corrected chi connectivity index (χ0v) is 19.5. The van der Waals surface area contributed by atoms with Crippen LogP contribution in [0, 0.1) is 20.8 Å². The summed E-state index contributed by atoms with van der Waals surface area (Å²) in [7, 11) is -0.961. The van der Waals surface area contributed by atoms with Crippen LogP contribution in [0.25, 0.3) is 0 Å². The molecule has 172 valence electrons. The first-order valence-electron chi connectivity index (χ1n) is 9.76. The molecular weight excluding hydrogens is 434 g/mol. The largest absolute Gasteiger partial charge is 0.452 e. The van der Waals surface area contributed by atoms with E-state index in [0.717, 1.165) is 21.0 Å². The summed E-state index contributed by atoms with van der Waals surface area (Å²) in [5, 5.41) is 5.14. The number of amides is 2. The number of ether oxygens (including phenoxy) is 1. The van der Waals surface area contributed by atoms with Gasteiger partial charge in [-0.2, -0.15) is 0 Å². The summed E-state index contributed by atoms with van der Waals surface area (Å²) in [5.41, 5.74) is 3.58. The summed E-state index contributed by atoms with van der Waals surface area (Å²) >= 11 is 0. The van der Waals surface area contributed by atoms with Gasteiger partial charge < -0.3 is 15.4 Å². The van der Waals surface area contributed by atoms with Crippen molar-refractivity contribution in [1.29, 1.82) is 0 Å². The van der Waals surface area contributed by atoms with Crippen molar-refractivity contribution in [2.24, 2.45) is 0 Å². The van der Waals surface area contributed by atoms with E-state index in [-0.39, 0.29) is 17.0 Å². The molecule has 0 aliphatic heterocycles. The number of benzene rings is 2. The molecule has 2 amide bonds. The van der Waals surface area contributed by atoms with Crippen LogP contribution in [0.2, 0.25) is 0 Å². The lowest BCUT2D eigenvalue weighted by molar-refractivity contribution is -0.126. The Morgan fingerprint density at radius 2 is 1.59 bits per heavy atom. The summed E-state index contributed by atoms with van der Waals surface area (Å²) in [5.74, 6) is -1.93. The molecule has 0 saturated carbocycles. The fourth-order valence-electron chi connectivity index (χ4n) is 3.00. The predicted molar refractivity (Wildman–Crippen MR) is 120 cm³/mol. The predicted octanol–water partition coefficient (Wildman–Crippen LogP) is 1.77. The Kier molecular flexibility index (Phi) is 8.12. The second-order valence-electron chi connectivity index (χ2n) is 7.49. The number of carbonyl (C=O) groups is 3. The van der Waals surface area contributed by atoms with Gasteiger partial charge in [0.15, 0.2) is 6.61 Å². The van der Waals surface area contributed by atoms with Gasteiger partial charge in [-0.3, -0.25) is 9.59 Å². The molecule has 0 fully saturated rings. The van der Waals surface area contributed by atoms with Crippen molar-refractivity contribution in [2.75, 3.05) is 32.6 Å². The van der Waals surface area contributed by atoms with Crippen LogP contribution in [-0.4, -0.2) is 57.8 Å². The Labute approximate surface area is 187 Å². The monoisotopic (exact) mass is 461 g/mol. The van der Waals surface area contributed by atoms with Crippen LogP contribution in [-0.2, 0) is 24.3 Å². The molecule has 0 bridgehead atoms. The van der Waals surface area contributed by atoms with Crippen LogP contribution < -0.4 is 10.6 Å². The van der Waals surface area contributed by atoms with Crippen molar-refractivity contribution in [3.63, 3.8) is 0 Å². The maximum absolute atomic E-state index is 12.2. The van der Waals surface area contributed by atoms with Crippen LogP contribution in [0.5, 0.6) is 0 Å². The van der Waals surface area contributed by atoms with Gasteiger partial charge in [0, 0.05) is 19.8 Å². The zero-order valence-electron chi connectivity index (χ0n) is 18.7. The highest BCUT2D eigenvalue weighted by Crippen LogP contribution is 2.21. The third-order valence-electron chi connectivity index (χ3n) is 4.57. The molecule has 0 atom stereocenters. The van der Waals surface area contributed by atoms with Gasteiger partial charge in [0.2, 0.25) is 15.9 Å². The molecule has 0 aliphatic carbocycles. The van der Waals surface area contributed by atoms with Crippen molar-refractivity contribution >= 4 is 33.5 Å². The van der Waals surface area contributed by atoms with Crippen molar-refractivity contribution in [1.82, 2.24) is 9.62 Å². The van der Waals surface area contributed by atoms with Gasteiger partial charge >= 0.3 is 5.97 Å². The highest BCUT2D eigenvalue weighted by Gasteiger charge is 2.19. The molecule has 0 saturated heterocycles. The SMILES string of the molecule is Cc1cc(C)c(NC(=O)CNC(=O)COC(=O)c2cccc(S(=O)(=O)N(C)C)c2)c(C)c1. The summed E-state index contributed by atoms with van der Waals surface area (Å²) < 4.78 is 30.3. The first kappa shape index (κ1) is 25.0. The summed E-state index contributed by atoms with van der Waals surface area (Å²) in [4.78, 5) is 36.2. The fraction of sp³-hybridized carbons (Fsp3) is 0.318. The Morgan fingerprint density at radius 1 is 0.969 bits per heavy atom. The number of nitrogens with one attached hydrogen (secondary N) is 2. The van der Waals surface area contributed by atoms with E-state index in [9.17, 15) is 22.8 Å². The van der Waals surface area contributed by atoms with Gasteiger partial charge in [-0.05, 0) is 50.1 Å².